The van der Waals surface area contributed by atoms with Gasteiger partial charge in [-0.25, -0.2) is 9.97 Å². The largest absolute Gasteiger partial charge is 0.424 e. The van der Waals surface area contributed by atoms with Crippen LogP contribution in [0.25, 0.3) is 0 Å². The van der Waals surface area contributed by atoms with E-state index in [1.165, 1.54) is 18.0 Å². The topological polar surface area (TPSA) is 52.1 Å². The summed E-state index contributed by atoms with van der Waals surface area (Å²) >= 11 is 0. The first kappa shape index (κ1) is 12.2. The highest BCUT2D eigenvalue weighted by Crippen LogP contribution is 2.22. The van der Waals surface area contributed by atoms with E-state index in [-0.39, 0.29) is 6.01 Å². The van der Waals surface area contributed by atoms with E-state index in [2.05, 4.69) is 23.8 Å². The van der Waals surface area contributed by atoms with Gasteiger partial charge in [0.2, 0.25) is 0 Å². The summed E-state index contributed by atoms with van der Waals surface area (Å²) in [6.45, 7) is 4.24. The zero-order chi connectivity index (χ0) is 13.0. The second-order valence-corrected chi connectivity index (χ2v) is 4.25. The summed E-state index contributed by atoms with van der Waals surface area (Å²) in [6, 6.07) is 8.03. The van der Waals surface area contributed by atoms with E-state index in [0.717, 1.165) is 0 Å². The van der Waals surface area contributed by atoms with E-state index in [1.54, 1.807) is 0 Å². The van der Waals surface area contributed by atoms with Gasteiger partial charge >= 0.3 is 6.01 Å². The molecule has 0 aliphatic heterocycles. The van der Waals surface area contributed by atoms with Gasteiger partial charge in [-0.1, -0.05) is 26.0 Å². The fraction of sp³-hybridized carbons (Fsp3) is 0.214. The highest BCUT2D eigenvalue weighted by molar-refractivity contribution is 5.73. The minimum absolute atomic E-state index is 0.238. The van der Waals surface area contributed by atoms with Gasteiger partial charge in [-0.2, -0.15) is 0 Å². The van der Waals surface area contributed by atoms with Crippen molar-refractivity contribution < 1.29 is 9.53 Å². The van der Waals surface area contributed by atoms with Crippen molar-refractivity contribution in [2.45, 2.75) is 19.8 Å². The average Bonchev–Trinajstić information content (AvgIpc) is 2.40. The Balaban J connectivity index is 2.17. The minimum Gasteiger partial charge on any atom is -0.424 e. The summed E-state index contributed by atoms with van der Waals surface area (Å²) in [5.41, 5.74) is 1.62. The normalized spacial score (nSPS) is 10.4. The van der Waals surface area contributed by atoms with E-state index in [1.807, 2.05) is 24.3 Å². The lowest BCUT2D eigenvalue weighted by molar-refractivity contribution is 0.112. The predicted octanol–water partition coefficient (Wildman–Crippen LogP) is 3.20. The quantitative estimate of drug-likeness (QED) is 0.772. The molecule has 0 fully saturated rings. The van der Waals surface area contributed by atoms with Crippen molar-refractivity contribution in [3.63, 3.8) is 0 Å². The van der Waals surface area contributed by atoms with Crippen molar-refractivity contribution >= 4 is 6.29 Å². The molecule has 92 valence electrons. The van der Waals surface area contributed by atoms with Crippen LogP contribution in [0.3, 0.4) is 0 Å². The fourth-order valence-electron chi connectivity index (χ4n) is 1.48. The predicted molar refractivity (Wildman–Crippen MR) is 68.0 cm³/mol. The second kappa shape index (κ2) is 5.40. The third-order valence-electron chi connectivity index (χ3n) is 2.52. The molecule has 0 amide bonds. The maximum atomic E-state index is 10.5. The van der Waals surface area contributed by atoms with Crippen LogP contribution < -0.4 is 4.74 Å². The average molecular weight is 242 g/mol. The number of benzene rings is 1. The molecule has 0 saturated carbocycles. The molecule has 2 rings (SSSR count). The van der Waals surface area contributed by atoms with Gasteiger partial charge in [0.15, 0.2) is 6.29 Å². The van der Waals surface area contributed by atoms with Gasteiger partial charge < -0.3 is 4.74 Å². The molecule has 0 spiro atoms. The van der Waals surface area contributed by atoms with Crippen LogP contribution in [-0.4, -0.2) is 16.3 Å². The monoisotopic (exact) mass is 242 g/mol. The maximum Gasteiger partial charge on any atom is 0.321 e. The molecule has 0 aliphatic rings. The van der Waals surface area contributed by atoms with Gasteiger partial charge in [-0.15, -0.1) is 0 Å². The Bertz CT molecular complexity index is 536. The number of carbonyl (C=O) groups is 1. The third kappa shape index (κ3) is 2.91. The zero-order valence-electron chi connectivity index (χ0n) is 10.3. The summed E-state index contributed by atoms with van der Waals surface area (Å²) in [4.78, 5) is 18.4. The highest BCUT2D eigenvalue weighted by atomic mass is 16.5. The maximum absolute atomic E-state index is 10.5. The summed E-state index contributed by atoms with van der Waals surface area (Å²) in [6.07, 6.45) is 3.56. The van der Waals surface area contributed by atoms with E-state index in [4.69, 9.17) is 4.74 Å². The summed E-state index contributed by atoms with van der Waals surface area (Å²) < 4.78 is 5.53. The van der Waals surface area contributed by atoms with Gasteiger partial charge in [0, 0.05) is 12.4 Å². The summed E-state index contributed by atoms with van der Waals surface area (Å²) in [5.74, 6) is 1.13. The molecule has 0 saturated heterocycles. The van der Waals surface area contributed by atoms with E-state index in [9.17, 15) is 4.79 Å². The molecule has 0 N–H and O–H groups in total. The van der Waals surface area contributed by atoms with E-state index in [0.29, 0.717) is 23.5 Å². The molecule has 1 aromatic carbocycles. The number of hydrogen-bond donors (Lipinski definition) is 0. The molecule has 4 nitrogen and oxygen atoms in total. The van der Waals surface area contributed by atoms with Crippen molar-refractivity contribution in [2.24, 2.45) is 0 Å². The number of ether oxygens (including phenoxy) is 1. The van der Waals surface area contributed by atoms with Crippen LogP contribution in [0.2, 0.25) is 0 Å². The third-order valence-corrected chi connectivity index (χ3v) is 2.52. The van der Waals surface area contributed by atoms with Crippen LogP contribution in [0.4, 0.5) is 0 Å². The van der Waals surface area contributed by atoms with Gasteiger partial charge in [-0.3, -0.25) is 4.79 Å². The summed E-state index contributed by atoms with van der Waals surface area (Å²) in [7, 11) is 0. The Morgan fingerprint density at radius 3 is 2.56 bits per heavy atom. The molecule has 0 bridgehead atoms. The van der Waals surface area contributed by atoms with Crippen molar-refractivity contribution in [3.05, 3.63) is 47.8 Å². The van der Waals surface area contributed by atoms with Crippen molar-refractivity contribution in [1.82, 2.24) is 9.97 Å². The highest BCUT2D eigenvalue weighted by Gasteiger charge is 2.04. The van der Waals surface area contributed by atoms with Gasteiger partial charge in [-0.05, 0) is 23.6 Å². The summed E-state index contributed by atoms with van der Waals surface area (Å²) in [5, 5.41) is 0. The van der Waals surface area contributed by atoms with E-state index < -0.39 is 0 Å². The number of rotatable bonds is 4. The van der Waals surface area contributed by atoms with Gasteiger partial charge in [0.05, 0.1) is 5.56 Å². The van der Waals surface area contributed by atoms with Gasteiger partial charge in [0.25, 0.3) is 0 Å². The number of hydrogen-bond acceptors (Lipinski definition) is 4. The molecule has 2 aromatic rings. The second-order valence-electron chi connectivity index (χ2n) is 4.25. The van der Waals surface area contributed by atoms with Gasteiger partial charge in [0.1, 0.15) is 5.75 Å². The standard InChI is InChI=1S/C14H14N2O2/c1-10(2)12-4-3-5-13(6-12)18-14-15-7-11(9-17)8-16-14/h3-10H,1-2H3. The first-order valence-corrected chi connectivity index (χ1v) is 5.74. The van der Waals surface area contributed by atoms with Crippen LogP contribution in [0.1, 0.15) is 35.7 Å². The van der Waals surface area contributed by atoms with Crippen LogP contribution in [0.5, 0.6) is 11.8 Å². The molecule has 1 aromatic heterocycles. The molecule has 0 unspecified atom stereocenters. The molecular formula is C14H14N2O2. The lowest BCUT2D eigenvalue weighted by Crippen LogP contribution is -1.94. The lowest BCUT2D eigenvalue weighted by Gasteiger charge is -2.08. The van der Waals surface area contributed by atoms with Crippen LogP contribution in [0.15, 0.2) is 36.7 Å². The Hall–Kier alpha value is -2.23. The van der Waals surface area contributed by atoms with E-state index >= 15 is 0 Å². The first-order valence-electron chi connectivity index (χ1n) is 5.74. The molecule has 0 aliphatic carbocycles. The number of carbonyl (C=O) groups excluding carboxylic acids is 1. The van der Waals surface area contributed by atoms with Crippen molar-refractivity contribution in [2.75, 3.05) is 0 Å². The Labute approximate surface area is 106 Å². The lowest BCUT2D eigenvalue weighted by atomic mass is 10.0. The molecular weight excluding hydrogens is 228 g/mol. The molecule has 0 atom stereocenters. The van der Waals surface area contributed by atoms with Crippen molar-refractivity contribution in [3.8, 4) is 11.8 Å². The minimum atomic E-state index is 0.238. The van der Waals surface area contributed by atoms with Crippen LogP contribution >= 0.6 is 0 Å². The fourth-order valence-corrected chi connectivity index (χ4v) is 1.48. The Morgan fingerprint density at radius 1 is 1.22 bits per heavy atom. The Kier molecular flexibility index (Phi) is 3.67. The Morgan fingerprint density at radius 2 is 1.94 bits per heavy atom. The zero-order valence-corrected chi connectivity index (χ0v) is 10.3. The smallest absolute Gasteiger partial charge is 0.321 e. The molecule has 0 radical (unpaired) electrons. The molecule has 1 heterocycles. The van der Waals surface area contributed by atoms with Crippen LogP contribution in [-0.2, 0) is 0 Å². The first-order chi connectivity index (χ1) is 8.69. The van der Waals surface area contributed by atoms with Crippen molar-refractivity contribution in [1.29, 1.82) is 0 Å². The number of aldehydes is 1. The molecule has 4 heteroatoms. The molecule has 18 heavy (non-hydrogen) atoms. The number of aromatic nitrogens is 2. The van der Waals surface area contributed by atoms with Crippen LogP contribution in [0, 0.1) is 0 Å². The number of nitrogens with zero attached hydrogens (tertiary/aromatic N) is 2. The SMILES string of the molecule is CC(C)c1cccc(Oc2ncc(C=O)cn2)c1.